The van der Waals surface area contributed by atoms with Crippen molar-refractivity contribution in [2.45, 2.75) is 0 Å². The van der Waals surface area contributed by atoms with Crippen molar-refractivity contribution < 1.29 is 0 Å². The van der Waals surface area contributed by atoms with E-state index in [0.29, 0.717) is 0 Å². The van der Waals surface area contributed by atoms with Crippen LogP contribution in [0.5, 0.6) is 0 Å². The molecule has 0 atom stereocenters. The van der Waals surface area contributed by atoms with Crippen molar-refractivity contribution in [2.75, 3.05) is 0 Å². The zero-order chi connectivity index (χ0) is 12.3. The molecule has 0 aliphatic carbocycles. The topological polar surface area (TPSA) is 0 Å². The molecular weight excluding hydrogens is 486 g/mol. The fourth-order valence-electron chi connectivity index (χ4n) is 2.20. The van der Waals surface area contributed by atoms with Crippen molar-refractivity contribution in [1.29, 1.82) is 0 Å². The van der Waals surface area contributed by atoms with Crippen molar-refractivity contribution in [3.63, 3.8) is 0 Å². The quantitative estimate of drug-likeness (QED) is 0.247. The maximum absolute atomic E-state index is 2.39. The normalized spacial score (nSPS) is 11.9. The molecule has 0 nitrogen and oxygen atoms in total. The molecule has 0 bridgehead atoms. The van der Waals surface area contributed by atoms with Gasteiger partial charge in [-0.15, -0.1) is 22.7 Å². The summed E-state index contributed by atoms with van der Waals surface area (Å²) in [5.41, 5.74) is 0. The first-order valence-electron chi connectivity index (χ1n) is 5.42. The van der Waals surface area contributed by atoms with E-state index in [0.717, 1.165) is 0 Å². The fourth-order valence-corrected chi connectivity index (χ4v) is 6.06. The number of hydrogen-bond donors (Lipinski definition) is 0. The summed E-state index contributed by atoms with van der Waals surface area (Å²) < 4.78 is 8.33. The zero-order valence-electron chi connectivity index (χ0n) is 9.04. The van der Waals surface area contributed by atoms with E-state index in [1.54, 1.807) is 0 Å². The molecule has 4 aromatic rings. The number of halogens is 2. The molecule has 0 amide bonds. The zero-order valence-corrected chi connectivity index (χ0v) is 15.0. The molecule has 18 heavy (non-hydrogen) atoms. The van der Waals surface area contributed by atoms with Gasteiger partial charge in [-0.2, -0.15) is 0 Å². The number of hydrogen-bond acceptors (Lipinski definition) is 2. The maximum atomic E-state index is 2.39. The smallest absolute Gasteiger partial charge is 0.0542 e. The van der Waals surface area contributed by atoms with Gasteiger partial charge in [0, 0.05) is 27.3 Å². The molecule has 2 aromatic carbocycles. The first kappa shape index (κ1) is 11.9. The van der Waals surface area contributed by atoms with Gasteiger partial charge in [0.05, 0.1) is 9.40 Å². The lowest BCUT2D eigenvalue weighted by Gasteiger charge is -1.92. The van der Waals surface area contributed by atoms with Crippen molar-refractivity contribution in [2.24, 2.45) is 0 Å². The lowest BCUT2D eigenvalue weighted by atomic mass is 10.2. The van der Waals surface area contributed by atoms with Crippen LogP contribution in [0, 0.1) is 7.14 Å². The van der Waals surface area contributed by atoms with Crippen LogP contribution in [0.15, 0.2) is 36.4 Å². The lowest BCUT2D eigenvalue weighted by Crippen LogP contribution is -1.67. The van der Waals surface area contributed by atoms with Crippen LogP contribution in [-0.2, 0) is 0 Å². The molecule has 0 N–H and O–H groups in total. The molecule has 0 radical (unpaired) electrons. The summed E-state index contributed by atoms with van der Waals surface area (Å²) in [6.07, 6.45) is 0. The SMILES string of the molecule is Ic1ccc2c(c1)sc1c3cc(I)ccc3sc21. The Morgan fingerprint density at radius 3 is 2.22 bits per heavy atom. The Hall–Kier alpha value is 0.0800. The van der Waals surface area contributed by atoms with Crippen LogP contribution in [0.2, 0.25) is 0 Å². The minimum atomic E-state index is 1.31. The number of thiophene rings is 2. The Balaban J connectivity index is 2.25. The number of benzene rings is 2. The molecule has 0 fully saturated rings. The largest absolute Gasteiger partial charge is 0.134 e. The average Bonchev–Trinajstić information content (AvgIpc) is 2.84. The Bertz CT molecular complexity index is 902. The van der Waals surface area contributed by atoms with Crippen LogP contribution in [-0.4, -0.2) is 0 Å². The first-order chi connectivity index (χ1) is 8.72. The number of fused-ring (bicyclic) bond motifs is 5. The first-order valence-corrected chi connectivity index (χ1v) is 9.21. The molecule has 0 aliphatic heterocycles. The molecule has 2 heterocycles. The summed E-state index contributed by atoms with van der Waals surface area (Å²) in [5, 5.41) is 2.82. The van der Waals surface area contributed by atoms with Crippen LogP contribution < -0.4 is 0 Å². The minimum absolute atomic E-state index is 1.31. The second-order valence-corrected chi connectivity index (χ2v) is 8.74. The molecule has 0 saturated carbocycles. The molecule has 88 valence electrons. The number of rotatable bonds is 0. The van der Waals surface area contributed by atoms with Gasteiger partial charge in [0.2, 0.25) is 0 Å². The summed E-state index contributed by atoms with van der Waals surface area (Å²) in [4.78, 5) is 0. The van der Waals surface area contributed by atoms with E-state index in [1.165, 1.54) is 36.7 Å². The Morgan fingerprint density at radius 2 is 1.33 bits per heavy atom. The highest BCUT2D eigenvalue weighted by atomic mass is 127. The molecular formula is C14H6I2S2. The minimum Gasteiger partial charge on any atom is -0.134 e. The van der Waals surface area contributed by atoms with E-state index in [1.807, 2.05) is 22.7 Å². The van der Waals surface area contributed by atoms with Crippen molar-refractivity contribution in [1.82, 2.24) is 0 Å². The second-order valence-electron chi connectivity index (χ2n) is 4.14. The molecule has 4 rings (SSSR count). The van der Waals surface area contributed by atoms with E-state index >= 15 is 0 Å². The standard InChI is InChI=1S/C14H6I2S2/c15-7-2-4-11-10(5-7)14-13(17-11)9-3-1-8(16)6-12(9)18-14/h1-6H. The van der Waals surface area contributed by atoms with E-state index in [4.69, 9.17) is 0 Å². The summed E-state index contributed by atoms with van der Waals surface area (Å²) in [7, 11) is 0. The van der Waals surface area contributed by atoms with E-state index in [9.17, 15) is 0 Å². The van der Waals surface area contributed by atoms with Gasteiger partial charge < -0.3 is 0 Å². The summed E-state index contributed by atoms with van der Waals surface area (Å²) in [6, 6.07) is 13.5. The summed E-state index contributed by atoms with van der Waals surface area (Å²) in [6.45, 7) is 0. The molecule has 0 unspecified atom stereocenters. The van der Waals surface area contributed by atoms with E-state index < -0.39 is 0 Å². The van der Waals surface area contributed by atoms with E-state index in [-0.39, 0.29) is 0 Å². The Morgan fingerprint density at radius 1 is 0.667 bits per heavy atom. The summed E-state index contributed by atoms with van der Waals surface area (Å²) in [5.74, 6) is 0. The van der Waals surface area contributed by atoms with Crippen molar-refractivity contribution in [3.05, 3.63) is 43.5 Å². The third-order valence-electron chi connectivity index (χ3n) is 3.00. The summed E-state index contributed by atoms with van der Waals surface area (Å²) >= 11 is 8.61. The molecule has 0 aliphatic rings. The van der Waals surface area contributed by atoms with Gasteiger partial charge in [-0.1, -0.05) is 6.07 Å². The van der Waals surface area contributed by atoms with Gasteiger partial charge >= 0.3 is 0 Å². The van der Waals surface area contributed by atoms with Crippen LogP contribution >= 0.6 is 67.9 Å². The van der Waals surface area contributed by atoms with Crippen LogP contribution in [0.4, 0.5) is 0 Å². The highest BCUT2D eigenvalue weighted by Gasteiger charge is 2.12. The molecule has 2 aromatic heterocycles. The molecule has 0 spiro atoms. The fraction of sp³-hybridized carbons (Fsp3) is 0. The predicted molar refractivity (Wildman–Crippen MR) is 100 cm³/mol. The predicted octanol–water partition coefficient (Wildman–Crippen LogP) is 6.48. The van der Waals surface area contributed by atoms with Gasteiger partial charge in [-0.3, -0.25) is 0 Å². The van der Waals surface area contributed by atoms with Crippen molar-refractivity contribution in [3.8, 4) is 0 Å². The molecule has 0 saturated heterocycles. The Labute approximate surface area is 139 Å². The van der Waals surface area contributed by atoms with Crippen LogP contribution in [0.25, 0.3) is 29.6 Å². The van der Waals surface area contributed by atoms with Gasteiger partial charge in [0.1, 0.15) is 0 Å². The van der Waals surface area contributed by atoms with Gasteiger partial charge in [0.15, 0.2) is 0 Å². The Kier molecular flexibility index (Phi) is 2.83. The van der Waals surface area contributed by atoms with E-state index in [2.05, 4.69) is 81.6 Å². The van der Waals surface area contributed by atoms with Crippen LogP contribution in [0.3, 0.4) is 0 Å². The van der Waals surface area contributed by atoms with Crippen molar-refractivity contribution >= 4 is 97.4 Å². The average molecular weight is 492 g/mol. The lowest BCUT2D eigenvalue weighted by molar-refractivity contribution is 1.77. The second kappa shape index (κ2) is 4.29. The monoisotopic (exact) mass is 492 g/mol. The highest BCUT2D eigenvalue weighted by Crippen LogP contribution is 2.44. The van der Waals surface area contributed by atoms with Gasteiger partial charge in [0.25, 0.3) is 0 Å². The third-order valence-corrected chi connectivity index (χ3v) is 6.87. The third kappa shape index (κ3) is 1.72. The van der Waals surface area contributed by atoms with Gasteiger partial charge in [-0.25, -0.2) is 0 Å². The van der Waals surface area contributed by atoms with Gasteiger partial charge in [-0.05, 0) is 75.5 Å². The maximum Gasteiger partial charge on any atom is 0.0542 e. The highest BCUT2D eigenvalue weighted by molar-refractivity contribution is 14.1. The molecule has 4 heteroatoms. The van der Waals surface area contributed by atoms with Crippen LogP contribution in [0.1, 0.15) is 0 Å².